The van der Waals surface area contributed by atoms with Crippen LogP contribution in [0.25, 0.3) is 0 Å². The predicted molar refractivity (Wildman–Crippen MR) is 102 cm³/mol. The van der Waals surface area contributed by atoms with Gasteiger partial charge in [-0.05, 0) is 50.0 Å². The Bertz CT molecular complexity index is 836. The number of rotatable bonds is 1. The number of para-hydroxylation sites is 1. The number of likely N-dealkylation sites (tertiary alicyclic amines) is 1. The minimum atomic E-state index is 0.222. The van der Waals surface area contributed by atoms with Gasteiger partial charge in [-0.1, -0.05) is 29.9 Å². The summed E-state index contributed by atoms with van der Waals surface area (Å²) in [6, 6.07) is 7.31. The summed E-state index contributed by atoms with van der Waals surface area (Å²) >= 11 is 0. The van der Waals surface area contributed by atoms with E-state index in [0.29, 0.717) is 11.4 Å². The lowest BCUT2D eigenvalue weighted by Crippen LogP contribution is -2.28. The molecule has 2 heterocycles. The molecule has 1 fully saturated rings. The first kappa shape index (κ1) is 15.9. The van der Waals surface area contributed by atoms with Gasteiger partial charge in [-0.2, -0.15) is 0 Å². The van der Waals surface area contributed by atoms with E-state index in [1.165, 1.54) is 24.0 Å². The average Bonchev–Trinajstić information content (AvgIpc) is 3.00. The SMILES string of the molecule is CC1=CCC=C2CC(N3CCCC3)=NC(c3ccccc3O)=NC2=C1. The Balaban J connectivity index is 1.84. The number of phenols is 1. The van der Waals surface area contributed by atoms with Crippen LogP contribution in [0.3, 0.4) is 0 Å². The number of fused-ring (bicyclic) bond motifs is 1. The number of nitrogens with zero attached hydrogens (tertiary/aromatic N) is 3. The van der Waals surface area contributed by atoms with Crippen molar-refractivity contribution in [2.75, 3.05) is 13.1 Å². The van der Waals surface area contributed by atoms with Gasteiger partial charge in [-0.3, -0.25) is 0 Å². The highest BCUT2D eigenvalue weighted by molar-refractivity contribution is 6.10. The van der Waals surface area contributed by atoms with Crippen molar-refractivity contribution >= 4 is 11.7 Å². The van der Waals surface area contributed by atoms with Crippen LogP contribution in [0.15, 0.2) is 69.3 Å². The third-order valence-corrected chi connectivity index (χ3v) is 4.92. The molecule has 0 atom stereocenters. The first-order chi connectivity index (χ1) is 12.2. The van der Waals surface area contributed by atoms with Crippen LogP contribution >= 0.6 is 0 Å². The van der Waals surface area contributed by atoms with E-state index in [4.69, 9.17) is 9.98 Å². The van der Waals surface area contributed by atoms with Gasteiger partial charge >= 0.3 is 0 Å². The maximum Gasteiger partial charge on any atom is 0.165 e. The molecule has 1 aromatic carbocycles. The summed E-state index contributed by atoms with van der Waals surface area (Å²) in [6.07, 6.45) is 10.8. The Morgan fingerprint density at radius 3 is 2.64 bits per heavy atom. The van der Waals surface area contributed by atoms with Crippen molar-refractivity contribution in [2.24, 2.45) is 9.98 Å². The van der Waals surface area contributed by atoms with Crippen molar-refractivity contribution in [1.82, 2.24) is 4.90 Å². The lowest BCUT2D eigenvalue weighted by atomic mass is 10.1. The van der Waals surface area contributed by atoms with Gasteiger partial charge in [-0.25, -0.2) is 9.98 Å². The summed E-state index contributed by atoms with van der Waals surface area (Å²) in [5, 5.41) is 10.3. The molecule has 4 heteroatoms. The summed E-state index contributed by atoms with van der Waals surface area (Å²) in [4.78, 5) is 12.1. The monoisotopic (exact) mass is 333 g/mol. The number of benzene rings is 1. The highest BCUT2D eigenvalue weighted by Crippen LogP contribution is 2.29. The number of hydrogen-bond acceptors (Lipinski definition) is 4. The van der Waals surface area contributed by atoms with Crippen molar-refractivity contribution in [1.29, 1.82) is 0 Å². The summed E-state index contributed by atoms with van der Waals surface area (Å²) in [7, 11) is 0. The van der Waals surface area contributed by atoms with E-state index in [-0.39, 0.29) is 5.75 Å². The van der Waals surface area contributed by atoms with E-state index in [2.05, 4.69) is 30.1 Å². The molecule has 0 bridgehead atoms. The van der Waals surface area contributed by atoms with Gasteiger partial charge < -0.3 is 10.0 Å². The Hall–Kier alpha value is -2.62. The fourth-order valence-corrected chi connectivity index (χ4v) is 3.54. The molecule has 4 rings (SSSR count). The van der Waals surface area contributed by atoms with E-state index in [1.807, 2.05) is 18.2 Å². The molecule has 0 aromatic heterocycles. The second-order valence-corrected chi connectivity index (χ2v) is 6.79. The minimum Gasteiger partial charge on any atom is -0.507 e. The predicted octanol–water partition coefficient (Wildman–Crippen LogP) is 4.20. The van der Waals surface area contributed by atoms with Crippen LogP contribution in [-0.2, 0) is 0 Å². The molecule has 1 N–H and O–H groups in total. The molecular weight excluding hydrogens is 310 g/mol. The molecule has 0 saturated carbocycles. The molecule has 1 aliphatic carbocycles. The van der Waals surface area contributed by atoms with Crippen molar-refractivity contribution in [3.05, 3.63) is 64.9 Å². The molecule has 3 aliphatic rings. The van der Waals surface area contributed by atoms with Crippen LogP contribution in [0.2, 0.25) is 0 Å². The third-order valence-electron chi connectivity index (χ3n) is 4.92. The van der Waals surface area contributed by atoms with Crippen molar-refractivity contribution < 1.29 is 5.11 Å². The van der Waals surface area contributed by atoms with Gasteiger partial charge in [0.1, 0.15) is 11.6 Å². The molecule has 4 nitrogen and oxygen atoms in total. The number of aromatic hydroxyl groups is 1. The van der Waals surface area contributed by atoms with Gasteiger partial charge in [0, 0.05) is 19.5 Å². The minimum absolute atomic E-state index is 0.222. The zero-order chi connectivity index (χ0) is 17.2. The largest absolute Gasteiger partial charge is 0.507 e. The lowest BCUT2D eigenvalue weighted by molar-refractivity contribution is 0.474. The van der Waals surface area contributed by atoms with E-state index < -0.39 is 0 Å². The molecule has 2 aliphatic heterocycles. The highest BCUT2D eigenvalue weighted by Gasteiger charge is 2.24. The molecule has 0 amide bonds. The quantitative estimate of drug-likeness (QED) is 0.837. The smallest absolute Gasteiger partial charge is 0.165 e. The fraction of sp³-hybridized carbons (Fsp3) is 0.333. The first-order valence-corrected chi connectivity index (χ1v) is 8.98. The van der Waals surface area contributed by atoms with E-state index >= 15 is 0 Å². The molecule has 25 heavy (non-hydrogen) atoms. The zero-order valence-electron chi connectivity index (χ0n) is 14.6. The van der Waals surface area contributed by atoms with Gasteiger partial charge in [-0.15, -0.1) is 0 Å². The molecule has 1 saturated heterocycles. The topological polar surface area (TPSA) is 48.2 Å². The van der Waals surface area contributed by atoms with E-state index in [0.717, 1.165) is 37.5 Å². The standard InChI is InChI=1S/C21H23N3O/c1-15-7-6-8-16-14-20(24-11-4-5-12-24)23-21(22-18(16)13-15)17-9-2-3-10-19(17)25/h2-3,7-10,13,25H,4-6,11-12,14H2,1H3. The number of amidine groups is 2. The Labute approximate surface area is 148 Å². The second kappa shape index (κ2) is 6.71. The first-order valence-electron chi connectivity index (χ1n) is 8.98. The molecule has 0 unspecified atom stereocenters. The Kier molecular flexibility index (Phi) is 4.26. The summed E-state index contributed by atoms with van der Waals surface area (Å²) in [6.45, 7) is 4.21. The summed E-state index contributed by atoms with van der Waals surface area (Å²) in [5.74, 6) is 1.89. The van der Waals surface area contributed by atoms with Crippen LogP contribution in [0.4, 0.5) is 0 Å². The van der Waals surface area contributed by atoms with Crippen molar-refractivity contribution in [3.63, 3.8) is 0 Å². The number of hydrogen-bond donors (Lipinski definition) is 1. The zero-order valence-corrected chi connectivity index (χ0v) is 14.6. The summed E-state index contributed by atoms with van der Waals surface area (Å²) in [5.41, 5.74) is 4.09. The van der Waals surface area contributed by atoms with E-state index in [1.54, 1.807) is 6.07 Å². The van der Waals surface area contributed by atoms with Gasteiger partial charge in [0.15, 0.2) is 5.84 Å². The van der Waals surface area contributed by atoms with Gasteiger partial charge in [0.05, 0.1) is 11.3 Å². The van der Waals surface area contributed by atoms with E-state index in [9.17, 15) is 5.11 Å². The fourth-order valence-electron chi connectivity index (χ4n) is 3.54. The number of allylic oxidation sites excluding steroid dienone is 5. The number of phenolic OH excluding ortho intramolecular Hbond substituents is 1. The van der Waals surface area contributed by atoms with Crippen molar-refractivity contribution in [2.45, 2.75) is 32.6 Å². The third kappa shape index (κ3) is 3.29. The second-order valence-electron chi connectivity index (χ2n) is 6.79. The normalized spacial score (nSPS) is 20.5. The van der Waals surface area contributed by atoms with Gasteiger partial charge in [0.2, 0.25) is 0 Å². The Morgan fingerprint density at radius 1 is 1.04 bits per heavy atom. The van der Waals surface area contributed by atoms with Crippen LogP contribution < -0.4 is 0 Å². The maximum atomic E-state index is 10.3. The highest BCUT2D eigenvalue weighted by atomic mass is 16.3. The van der Waals surface area contributed by atoms with Crippen LogP contribution in [0.5, 0.6) is 5.75 Å². The Morgan fingerprint density at radius 2 is 1.84 bits per heavy atom. The molecule has 0 spiro atoms. The number of aliphatic imine (C=N–C) groups is 2. The van der Waals surface area contributed by atoms with Crippen LogP contribution in [0, 0.1) is 0 Å². The maximum absolute atomic E-state index is 10.3. The molecular formula is C21H23N3O. The van der Waals surface area contributed by atoms with Crippen molar-refractivity contribution in [3.8, 4) is 5.75 Å². The van der Waals surface area contributed by atoms with Crippen LogP contribution in [0.1, 0.15) is 38.2 Å². The summed E-state index contributed by atoms with van der Waals surface area (Å²) < 4.78 is 0. The molecule has 1 aromatic rings. The lowest BCUT2D eigenvalue weighted by Gasteiger charge is -2.20. The van der Waals surface area contributed by atoms with Crippen LogP contribution in [-0.4, -0.2) is 34.8 Å². The molecule has 128 valence electrons. The van der Waals surface area contributed by atoms with Gasteiger partial charge in [0.25, 0.3) is 0 Å². The average molecular weight is 333 g/mol. The molecule has 0 radical (unpaired) electrons.